The van der Waals surface area contributed by atoms with Crippen LogP contribution in [0.15, 0.2) is 102 Å². The number of furan rings is 1. The van der Waals surface area contributed by atoms with Gasteiger partial charge in [-0.15, -0.1) is 0 Å². The Bertz CT molecular complexity index is 1600. The number of aromatic nitrogens is 1. The van der Waals surface area contributed by atoms with E-state index in [2.05, 4.69) is 71.6 Å². The maximum atomic E-state index is 6.34. The number of nitrogens with zero attached hydrogens (tertiary/aromatic N) is 2. The van der Waals surface area contributed by atoms with Crippen LogP contribution in [-0.4, -0.2) is 4.98 Å². The zero-order chi connectivity index (χ0) is 19.7. The van der Waals surface area contributed by atoms with Crippen LogP contribution in [0.5, 0.6) is 0 Å². The molecular weight excluding hydrogens is 368 g/mol. The summed E-state index contributed by atoms with van der Waals surface area (Å²) in [5.41, 5.74) is 6.42. The summed E-state index contributed by atoms with van der Waals surface area (Å²) in [5, 5.41) is 4.63. The number of para-hydroxylation sites is 2. The molecule has 1 aliphatic heterocycles. The molecule has 0 amide bonds. The number of pyridine rings is 1. The molecule has 0 saturated carbocycles. The number of hydrogen-bond acceptors (Lipinski definition) is 3. The molecule has 0 radical (unpaired) electrons. The summed E-state index contributed by atoms with van der Waals surface area (Å²) in [6, 6.07) is 31.6. The minimum atomic E-state index is 0.918. The highest BCUT2D eigenvalue weighted by atomic mass is 16.3. The molecule has 0 spiro atoms. The van der Waals surface area contributed by atoms with E-state index in [0.29, 0.717) is 0 Å². The van der Waals surface area contributed by atoms with Crippen LogP contribution in [0, 0.1) is 0 Å². The van der Waals surface area contributed by atoms with Gasteiger partial charge in [0, 0.05) is 39.0 Å². The zero-order valence-corrected chi connectivity index (χ0v) is 16.0. The van der Waals surface area contributed by atoms with E-state index in [1.165, 1.54) is 10.9 Å². The highest BCUT2D eigenvalue weighted by molar-refractivity contribution is 6.24. The maximum Gasteiger partial charge on any atom is 0.145 e. The first-order chi connectivity index (χ1) is 14.9. The SMILES string of the molecule is c1ccc(N2c3ncccc3-c3cc4c5ccccc5oc4c4cccc2c34)cc1. The van der Waals surface area contributed by atoms with E-state index in [-0.39, 0.29) is 0 Å². The van der Waals surface area contributed by atoms with E-state index in [1.807, 2.05) is 30.5 Å². The van der Waals surface area contributed by atoms with Crippen LogP contribution in [0.25, 0.3) is 43.8 Å². The van der Waals surface area contributed by atoms with Crippen molar-refractivity contribution >= 4 is 49.9 Å². The Balaban J connectivity index is 1.70. The molecule has 30 heavy (non-hydrogen) atoms. The molecule has 3 nitrogen and oxygen atoms in total. The minimum absolute atomic E-state index is 0.918. The van der Waals surface area contributed by atoms with Crippen molar-refractivity contribution in [1.82, 2.24) is 4.98 Å². The van der Waals surface area contributed by atoms with Gasteiger partial charge >= 0.3 is 0 Å². The molecule has 0 unspecified atom stereocenters. The van der Waals surface area contributed by atoms with Crippen LogP contribution < -0.4 is 4.90 Å². The van der Waals surface area contributed by atoms with Crippen molar-refractivity contribution in [3.8, 4) is 11.1 Å². The molecule has 1 aliphatic rings. The summed E-state index contributed by atoms with van der Waals surface area (Å²) in [6.45, 7) is 0. The lowest BCUT2D eigenvalue weighted by Crippen LogP contribution is -2.16. The number of hydrogen-bond donors (Lipinski definition) is 0. The quantitative estimate of drug-likeness (QED) is 0.292. The van der Waals surface area contributed by atoms with Gasteiger partial charge in [-0.2, -0.15) is 0 Å². The second kappa shape index (κ2) is 5.71. The standard InChI is InChI=1S/C27H16N2O/c1-2-8-17(9-3-1)29-23-13-6-11-20-25(23)21(19-12-7-15-28-27(19)29)16-22-18-10-4-5-14-24(18)30-26(20)22/h1-16H. The molecule has 7 rings (SSSR count). The minimum Gasteiger partial charge on any atom is -0.455 e. The Morgan fingerprint density at radius 2 is 1.50 bits per heavy atom. The predicted octanol–water partition coefficient (Wildman–Crippen LogP) is 7.58. The first-order valence-electron chi connectivity index (χ1n) is 10.1. The predicted molar refractivity (Wildman–Crippen MR) is 123 cm³/mol. The smallest absolute Gasteiger partial charge is 0.145 e. The zero-order valence-electron chi connectivity index (χ0n) is 16.0. The molecule has 0 aliphatic carbocycles. The van der Waals surface area contributed by atoms with Gasteiger partial charge in [0.05, 0.1) is 5.69 Å². The number of anilines is 3. The van der Waals surface area contributed by atoms with Crippen LogP contribution in [-0.2, 0) is 0 Å². The van der Waals surface area contributed by atoms with E-state index >= 15 is 0 Å². The molecular formula is C27H16N2O. The molecule has 3 heteroatoms. The van der Waals surface area contributed by atoms with Crippen molar-refractivity contribution in [2.24, 2.45) is 0 Å². The Hall–Kier alpha value is -4.11. The molecule has 0 atom stereocenters. The molecule has 0 fully saturated rings. The third kappa shape index (κ3) is 1.96. The van der Waals surface area contributed by atoms with Gasteiger partial charge < -0.3 is 4.42 Å². The Morgan fingerprint density at radius 3 is 2.43 bits per heavy atom. The van der Waals surface area contributed by atoms with Crippen LogP contribution >= 0.6 is 0 Å². The van der Waals surface area contributed by atoms with Gasteiger partial charge in [-0.3, -0.25) is 4.90 Å². The maximum absolute atomic E-state index is 6.34. The molecule has 2 aromatic heterocycles. The molecule has 3 heterocycles. The summed E-state index contributed by atoms with van der Waals surface area (Å²) in [4.78, 5) is 7.04. The lowest BCUT2D eigenvalue weighted by Gasteiger charge is -2.32. The molecule has 0 saturated heterocycles. The van der Waals surface area contributed by atoms with Gasteiger partial charge in [0.25, 0.3) is 0 Å². The van der Waals surface area contributed by atoms with Crippen molar-refractivity contribution in [2.45, 2.75) is 0 Å². The summed E-state index contributed by atoms with van der Waals surface area (Å²) in [6.07, 6.45) is 1.87. The van der Waals surface area contributed by atoms with Gasteiger partial charge in [0.15, 0.2) is 0 Å². The van der Waals surface area contributed by atoms with Crippen molar-refractivity contribution in [3.05, 3.63) is 97.2 Å². The van der Waals surface area contributed by atoms with E-state index in [9.17, 15) is 0 Å². The van der Waals surface area contributed by atoms with Gasteiger partial charge in [-0.25, -0.2) is 4.98 Å². The topological polar surface area (TPSA) is 29.3 Å². The fourth-order valence-electron chi connectivity index (χ4n) is 4.77. The summed E-state index contributed by atoms with van der Waals surface area (Å²) < 4.78 is 6.34. The Labute approximate surface area is 172 Å². The van der Waals surface area contributed by atoms with Crippen LogP contribution in [0.4, 0.5) is 17.2 Å². The third-order valence-corrected chi connectivity index (χ3v) is 6.02. The summed E-state index contributed by atoms with van der Waals surface area (Å²) in [5.74, 6) is 0.954. The largest absolute Gasteiger partial charge is 0.455 e. The van der Waals surface area contributed by atoms with Gasteiger partial charge in [-0.05, 0) is 48.0 Å². The van der Waals surface area contributed by atoms with Crippen molar-refractivity contribution < 1.29 is 4.42 Å². The van der Waals surface area contributed by atoms with Crippen LogP contribution in [0.2, 0.25) is 0 Å². The average Bonchev–Trinajstić information content (AvgIpc) is 3.19. The second-order valence-electron chi connectivity index (χ2n) is 7.64. The number of fused-ring (bicyclic) bond motifs is 6. The normalized spacial score (nSPS) is 12.6. The molecule has 0 bridgehead atoms. The monoisotopic (exact) mass is 384 g/mol. The number of benzene rings is 4. The van der Waals surface area contributed by atoms with Crippen molar-refractivity contribution in [3.63, 3.8) is 0 Å². The Morgan fingerprint density at radius 1 is 0.667 bits per heavy atom. The second-order valence-corrected chi connectivity index (χ2v) is 7.64. The highest BCUT2D eigenvalue weighted by Gasteiger charge is 2.28. The van der Waals surface area contributed by atoms with E-state index in [1.54, 1.807) is 0 Å². The van der Waals surface area contributed by atoms with Gasteiger partial charge in [-0.1, -0.05) is 48.5 Å². The first-order valence-corrected chi connectivity index (χ1v) is 10.1. The van der Waals surface area contributed by atoms with Gasteiger partial charge in [0.2, 0.25) is 0 Å². The first kappa shape index (κ1) is 15.8. The van der Waals surface area contributed by atoms with Gasteiger partial charge in [0.1, 0.15) is 17.0 Å². The van der Waals surface area contributed by atoms with Crippen LogP contribution in [0.1, 0.15) is 0 Å². The molecule has 6 aromatic rings. The van der Waals surface area contributed by atoms with E-state index < -0.39 is 0 Å². The molecule has 0 N–H and O–H groups in total. The fraction of sp³-hybridized carbons (Fsp3) is 0. The molecule has 140 valence electrons. The van der Waals surface area contributed by atoms with E-state index in [0.717, 1.165) is 50.1 Å². The van der Waals surface area contributed by atoms with Crippen molar-refractivity contribution in [2.75, 3.05) is 4.90 Å². The third-order valence-electron chi connectivity index (χ3n) is 6.02. The summed E-state index contributed by atoms with van der Waals surface area (Å²) in [7, 11) is 0. The Kier molecular flexibility index (Phi) is 3.00. The van der Waals surface area contributed by atoms with Crippen LogP contribution in [0.3, 0.4) is 0 Å². The van der Waals surface area contributed by atoms with Crippen molar-refractivity contribution in [1.29, 1.82) is 0 Å². The highest BCUT2D eigenvalue weighted by Crippen LogP contribution is 2.52. The lowest BCUT2D eigenvalue weighted by atomic mass is 9.91. The summed E-state index contributed by atoms with van der Waals surface area (Å²) >= 11 is 0. The van der Waals surface area contributed by atoms with E-state index in [4.69, 9.17) is 9.40 Å². The fourth-order valence-corrected chi connectivity index (χ4v) is 4.77. The number of rotatable bonds is 1. The lowest BCUT2D eigenvalue weighted by molar-refractivity contribution is 0.672. The molecule has 4 aromatic carbocycles. The average molecular weight is 384 g/mol.